The van der Waals surface area contributed by atoms with Gasteiger partial charge in [0.25, 0.3) is 0 Å². The molecule has 0 bridgehead atoms. The zero-order valence-corrected chi connectivity index (χ0v) is 9.17. The second-order valence-electron chi connectivity index (χ2n) is 3.19. The van der Waals surface area contributed by atoms with Crippen LogP contribution in [-0.4, -0.2) is 18.6 Å². The van der Waals surface area contributed by atoms with Crippen LogP contribution in [0.15, 0.2) is 31.0 Å². The molecule has 76 valence electrons. The molecule has 1 heterocycles. The van der Waals surface area contributed by atoms with Gasteiger partial charge in [-0.2, -0.15) is 0 Å². The number of hydrogen-bond acceptors (Lipinski definition) is 2. The molecule has 0 spiro atoms. The third kappa shape index (κ3) is 3.38. The Morgan fingerprint density at radius 1 is 1.57 bits per heavy atom. The van der Waals surface area contributed by atoms with Gasteiger partial charge in [0, 0.05) is 19.8 Å². The van der Waals surface area contributed by atoms with Crippen LogP contribution in [-0.2, 0) is 0 Å². The maximum Gasteiger partial charge on any atom is 0.128 e. The fourth-order valence-corrected chi connectivity index (χ4v) is 1.29. The first-order valence-corrected chi connectivity index (χ1v) is 5.05. The number of aromatic nitrogens is 1. The van der Waals surface area contributed by atoms with Gasteiger partial charge in [0.05, 0.1) is 5.02 Å². The Bertz CT molecular complexity index is 282. The quantitative estimate of drug-likeness (QED) is 0.548. The summed E-state index contributed by atoms with van der Waals surface area (Å²) in [4.78, 5) is 6.34. The van der Waals surface area contributed by atoms with Crippen LogP contribution < -0.4 is 4.90 Å². The molecule has 3 heteroatoms. The van der Waals surface area contributed by atoms with E-state index in [1.807, 2.05) is 25.3 Å². The summed E-state index contributed by atoms with van der Waals surface area (Å²) in [6, 6.07) is 3.78. The lowest BCUT2D eigenvalue weighted by Gasteiger charge is -2.17. The van der Waals surface area contributed by atoms with Gasteiger partial charge < -0.3 is 4.90 Å². The normalized spacial score (nSPS) is 9.86. The largest absolute Gasteiger partial charge is 0.360 e. The number of unbranched alkanes of at least 4 members (excludes halogenated alkanes) is 1. The van der Waals surface area contributed by atoms with Gasteiger partial charge >= 0.3 is 0 Å². The van der Waals surface area contributed by atoms with Crippen molar-refractivity contribution in [2.24, 2.45) is 0 Å². The molecular formula is C11H15ClN2. The van der Waals surface area contributed by atoms with Gasteiger partial charge in [-0.15, -0.1) is 6.58 Å². The standard InChI is InChI=1S/C11H15ClN2/c1-3-4-5-8-14(2)11-7-6-10(12)9-13-11/h3,6-7,9H,1,4-5,8H2,2H3. The zero-order chi connectivity index (χ0) is 10.4. The molecule has 1 aromatic rings. The molecule has 0 atom stereocenters. The van der Waals surface area contributed by atoms with E-state index < -0.39 is 0 Å². The Morgan fingerprint density at radius 3 is 2.93 bits per heavy atom. The molecule has 14 heavy (non-hydrogen) atoms. The van der Waals surface area contributed by atoms with Crippen molar-refractivity contribution in [1.82, 2.24) is 4.98 Å². The van der Waals surface area contributed by atoms with Gasteiger partial charge in [-0.05, 0) is 25.0 Å². The Kier molecular flexibility index (Phi) is 4.47. The summed E-state index contributed by atoms with van der Waals surface area (Å²) in [7, 11) is 2.03. The smallest absolute Gasteiger partial charge is 0.128 e. The molecule has 0 amide bonds. The molecule has 2 nitrogen and oxygen atoms in total. The first kappa shape index (κ1) is 11.1. The van der Waals surface area contributed by atoms with Gasteiger partial charge in [0.15, 0.2) is 0 Å². The minimum absolute atomic E-state index is 0.674. The van der Waals surface area contributed by atoms with Crippen LogP contribution in [0.4, 0.5) is 5.82 Å². The Hall–Kier alpha value is -1.02. The van der Waals surface area contributed by atoms with Gasteiger partial charge in [0.2, 0.25) is 0 Å². The Labute approximate surface area is 90.2 Å². The Balaban J connectivity index is 2.47. The number of rotatable bonds is 5. The first-order valence-electron chi connectivity index (χ1n) is 4.67. The molecular weight excluding hydrogens is 196 g/mol. The van der Waals surface area contributed by atoms with Gasteiger partial charge in [-0.3, -0.25) is 0 Å². The number of hydrogen-bond donors (Lipinski definition) is 0. The second-order valence-corrected chi connectivity index (χ2v) is 3.62. The fourth-order valence-electron chi connectivity index (χ4n) is 1.18. The van der Waals surface area contributed by atoms with E-state index in [2.05, 4.69) is 16.5 Å². The molecule has 0 unspecified atom stereocenters. The molecule has 0 radical (unpaired) electrons. The lowest BCUT2D eigenvalue weighted by Crippen LogP contribution is -2.19. The van der Waals surface area contributed by atoms with E-state index in [4.69, 9.17) is 11.6 Å². The van der Waals surface area contributed by atoms with Crippen LogP contribution >= 0.6 is 11.6 Å². The maximum atomic E-state index is 5.75. The van der Waals surface area contributed by atoms with Gasteiger partial charge in [-0.25, -0.2) is 4.98 Å². The van der Waals surface area contributed by atoms with Crippen molar-refractivity contribution in [1.29, 1.82) is 0 Å². The van der Waals surface area contributed by atoms with Crippen molar-refractivity contribution in [3.8, 4) is 0 Å². The molecule has 1 aromatic heterocycles. The lowest BCUT2D eigenvalue weighted by atomic mass is 10.3. The number of nitrogens with zero attached hydrogens (tertiary/aromatic N) is 2. The summed E-state index contributed by atoms with van der Waals surface area (Å²) in [6.07, 6.45) is 5.74. The highest BCUT2D eigenvalue weighted by Crippen LogP contribution is 2.13. The van der Waals surface area contributed by atoms with Crippen LogP contribution in [0.3, 0.4) is 0 Å². The highest BCUT2D eigenvalue weighted by atomic mass is 35.5. The van der Waals surface area contributed by atoms with Crippen molar-refractivity contribution in [2.75, 3.05) is 18.5 Å². The van der Waals surface area contributed by atoms with E-state index >= 15 is 0 Å². The summed E-state index contributed by atoms with van der Waals surface area (Å²) in [5.41, 5.74) is 0. The maximum absolute atomic E-state index is 5.75. The minimum Gasteiger partial charge on any atom is -0.360 e. The molecule has 0 aliphatic rings. The SMILES string of the molecule is C=CCCCN(C)c1ccc(Cl)cn1. The van der Waals surface area contributed by atoms with E-state index in [1.165, 1.54) is 0 Å². The van der Waals surface area contributed by atoms with E-state index in [0.29, 0.717) is 5.02 Å². The Morgan fingerprint density at radius 2 is 2.36 bits per heavy atom. The predicted molar refractivity (Wildman–Crippen MR) is 61.9 cm³/mol. The van der Waals surface area contributed by atoms with E-state index in [-0.39, 0.29) is 0 Å². The average Bonchev–Trinajstić information content (AvgIpc) is 2.19. The molecule has 0 N–H and O–H groups in total. The van der Waals surface area contributed by atoms with Crippen molar-refractivity contribution >= 4 is 17.4 Å². The third-order valence-corrected chi connectivity index (χ3v) is 2.23. The van der Waals surface area contributed by atoms with Crippen molar-refractivity contribution in [2.45, 2.75) is 12.8 Å². The highest BCUT2D eigenvalue weighted by molar-refractivity contribution is 6.30. The number of anilines is 1. The second kappa shape index (κ2) is 5.66. The van der Waals surface area contributed by atoms with Crippen LogP contribution in [0.1, 0.15) is 12.8 Å². The summed E-state index contributed by atoms with van der Waals surface area (Å²) >= 11 is 5.75. The van der Waals surface area contributed by atoms with E-state index in [9.17, 15) is 0 Å². The van der Waals surface area contributed by atoms with E-state index in [0.717, 1.165) is 25.2 Å². The number of halogens is 1. The molecule has 0 aliphatic carbocycles. The molecule has 0 fully saturated rings. The summed E-state index contributed by atoms with van der Waals surface area (Å²) < 4.78 is 0. The van der Waals surface area contributed by atoms with Crippen molar-refractivity contribution in [3.63, 3.8) is 0 Å². The monoisotopic (exact) mass is 210 g/mol. The van der Waals surface area contributed by atoms with E-state index in [1.54, 1.807) is 6.20 Å². The first-order chi connectivity index (χ1) is 6.74. The van der Waals surface area contributed by atoms with Crippen LogP contribution in [0.2, 0.25) is 5.02 Å². The zero-order valence-electron chi connectivity index (χ0n) is 8.41. The van der Waals surface area contributed by atoms with Crippen LogP contribution in [0.25, 0.3) is 0 Å². The molecule has 0 aromatic carbocycles. The molecule has 0 saturated heterocycles. The number of pyridine rings is 1. The highest BCUT2D eigenvalue weighted by Gasteiger charge is 2.00. The molecule has 1 rings (SSSR count). The molecule has 0 aliphatic heterocycles. The fraction of sp³-hybridized carbons (Fsp3) is 0.364. The summed E-state index contributed by atoms with van der Waals surface area (Å²) in [5, 5.41) is 0.674. The molecule has 0 saturated carbocycles. The lowest BCUT2D eigenvalue weighted by molar-refractivity contribution is 0.792. The van der Waals surface area contributed by atoms with Crippen molar-refractivity contribution < 1.29 is 0 Å². The third-order valence-electron chi connectivity index (χ3n) is 2.00. The summed E-state index contributed by atoms with van der Waals surface area (Å²) in [6.45, 7) is 4.68. The summed E-state index contributed by atoms with van der Waals surface area (Å²) in [5.74, 6) is 0.957. The number of allylic oxidation sites excluding steroid dienone is 1. The van der Waals surface area contributed by atoms with Crippen molar-refractivity contribution in [3.05, 3.63) is 36.0 Å². The topological polar surface area (TPSA) is 16.1 Å². The van der Waals surface area contributed by atoms with Crippen LogP contribution in [0, 0.1) is 0 Å². The van der Waals surface area contributed by atoms with Gasteiger partial charge in [-0.1, -0.05) is 17.7 Å². The average molecular weight is 211 g/mol. The van der Waals surface area contributed by atoms with Gasteiger partial charge in [0.1, 0.15) is 5.82 Å². The predicted octanol–water partition coefficient (Wildman–Crippen LogP) is 3.14. The minimum atomic E-state index is 0.674. The van der Waals surface area contributed by atoms with Crippen LogP contribution in [0.5, 0.6) is 0 Å².